The molecule has 146 valence electrons. The number of aliphatic carboxylic acids is 1. The summed E-state index contributed by atoms with van der Waals surface area (Å²) in [6.07, 6.45) is 4.99. The van der Waals surface area contributed by atoms with E-state index in [0.717, 1.165) is 36.8 Å². The fraction of sp³-hybridized carbons (Fsp3) is 0.455. The minimum Gasteiger partial charge on any atom is -0.481 e. The van der Waals surface area contributed by atoms with Gasteiger partial charge >= 0.3 is 5.97 Å². The van der Waals surface area contributed by atoms with Crippen LogP contribution in [0, 0.1) is 11.7 Å². The van der Waals surface area contributed by atoms with Crippen molar-refractivity contribution in [2.75, 3.05) is 11.4 Å². The molecule has 2 atom stereocenters. The van der Waals surface area contributed by atoms with Crippen LogP contribution in [0.3, 0.4) is 0 Å². The Morgan fingerprint density at radius 2 is 2.07 bits per heavy atom. The molecule has 1 N–H and O–H groups in total. The van der Waals surface area contributed by atoms with Gasteiger partial charge in [-0.3, -0.25) is 4.79 Å². The number of fused-ring (bicyclic) bond motifs is 1. The quantitative estimate of drug-likeness (QED) is 0.850. The van der Waals surface area contributed by atoms with Gasteiger partial charge in [0.15, 0.2) is 11.6 Å². The van der Waals surface area contributed by atoms with Gasteiger partial charge in [0.25, 0.3) is 0 Å². The molecule has 1 aromatic carbocycles. The van der Waals surface area contributed by atoms with Gasteiger partial charge in [0.05, 0.1) is 5.92 Å². The van der Waals surface area contributed by atoms with Crippen molar-refractivity contribution in [2.45, 2.75) is 50.7 Å². The number of aromatic nitrogens is 1. The van der Waals surface area contributed by atoms with Crippen molar-refractivity contribution in [3.63, 3.8) is 0 Å². The smallest absolute Gasteiger partial charge is 0.307 e. The fourth-order valence-electron chi connectivity index (χ4n) is 4.18. The standard InChI is InChI=1S/C22H23FN2O3/c23-19-6-7-20(28-16-2-1-3-16)24-21(19)25-9-8-13-10-14(4-5-15(13)12-25)17-11-18(17)22(26)27/h4-7,10,16-18H,1-3,8-9,11-12H2,(H,26,27). The third kappa shape index (κ3) is 3.21. The van der Waals surface area contributed by atoms with Crippen LogP contribution in [0.5, 0.6) is 5.88 Å². The van der Waals surface area contributed by atoms with E-state index in [4.69, 9.17) is 9.84 Å². The van der Waals surface area contributed by atoms with Gasteiger partial charge in [0.1, 0.15) is 6.10 Å². The molecular weight excluding hydrogens is 359 g/mol. The number of pyridine rings is 1. The molecule has 2 aromatic rings. The molecule has 5 nitrogen and oxygen atoms in total. The Bertz CT molecular complexity index is 928. The summed E-state index contributed by atoms with van der Waals surface area (Å²) in [4.78, 5) is 17.5. The highest BCUT2D eigenvalue weighted by atomic mass is 19.1. The topological polar surface area (TPSA) is 62.7 Å². The largest absolute Gasteiger partial charge is 0.481 e. The molecule has 2 fully saturated rings. The molecule has 6 heteroatoms. The molecule has 1 aliphatic heterocycles. The summed E-state index contributed by atoms with van der Waals surface area (Å²) in [5.41, 5.74) is 3.49. The van der Waals surface area contributed by atoms with E-state index >= 15 is 0 Å². The Labute approximate surface area is 163 Å². The van der Waals surface area contributed by atoms with E-state index in [0.29, 0.717) is 24.8 Å². The number of benzene rings is 1. The molecule has 0 saturated heterocycles. The first kappa shape index (κ1) is 17.5. The molecule has 1 aromatic heterocycles. The predicted molar refractivity (Wildman–Crippen MR) is 102 cm³/mol. The van der Waals surface area contributed by atoms with E-state index in [9.17, 15) is 9.18 Å². The Balaban J connectivity index is 1.33. The average molecular weight is 382 g/mol. The lowest BCUT2D eigenvalue weighted by atomic mass is 9.95. The van der Waals surface area contributed by atoms with Crippen LogP contribution in [-0.4, -0.2) is 28.7 Å². The fourth-order valence-corrected chi connectivity index (χ4v) is 4.18. The van der Waals surface area contributed by atoms with Gasteiger partial charge in [0.2, 0.25) is 5.88 Å². The van der Waals surface area contributed by atoms with Crippen LogP contribution in [0.15, 0.2) is 30.3 Å². The summed E-state index contributed by atoms with van der Waals surface area (Å²) >= 11 is 0. The van der Waals surface area contributed by atoms with Crippen molar-refractivity contribution in [3.05, 3.63) is 52.8 Å². The summed E-state index contributed by atoms with van der Waals surface area (Å²) < 4.78 is 20.3. The molecule has 2 unspecified atom stereocenters. The third-order valence-corrected chi connectivity index (χ3v) is 6.22. The molecule has 0 bridgehead atoms. The van der Waals surface area contributed by atoms with Crippen LogP contribution in [0.2, 0.25) is 0 Å². The first-order valence-corrected chi connectivity index (χ1v) is 10.0. The second-order valence-corrected chi connectivity index (χ2v) is 8.11. The van der Waals surface area contributed by atoms with Crippen molar-refractivity contribution in [1.82, 2.24) is 4.98 Å². The number of carboxylic acid groups (broad SMARTS) is 1. The Hall–Kier alpha value is -2.63. The van der Waals surface area contributed by atoms with Crippen LogP contribution in [0.4, 0.5) is 10.2 Å². The zero-order chi connectivity index (χ0) is 19.3. The molecule has 2 aliphatic carbocycles. The first-order valence-electron chi connectivity index (χ1n) is 10.0. The minimum atomic E-state index is -0.709. The maximum absolute atomic E-state index is 14.4. The number of halogens is 1. The predicted octanol–water partition coefficient (Wildman–Crippen LogP) is 3.90. The minimum absolute atomic E-state index is 0.139. The van der Waals surface area contributed by atoms with Crippen molar-refractivity contribution in [1.29, 1.82) is 0 Å². The highest BCUT2D eigenvalue weighted by Crippen LogP contribution is 2.48. The van der Waals surface area contributed by atoms with Crippen molar-refractivity contribution < 1.29 is 19.0 Å². The Morgan fingerprint density at radius 1 is 1.21 bits per heavy atom. The number of hydrogen-bond donors (Lipinski definition) is 1. The molecule has 3 aliphatic rings. The van der Waals surface area contributed by atoms with Gasteiger partial charge in [-0.05, 0) is 60.8 Å². The lowest BCUT2D eigenvalue weighted by Crippen LogP contribution is -2.32. The molecule has 5 rings (SSSR count). The van der Waals surface area contributed by atoms with Gasteiger partial charge in [0, 0.05) is 19.2 Å². The summed E-state index contributed by atoms with van der Waals surface area (Å²) in [5, 5.41) is 9.15. The number of ether oxygens (including phenoxy) is 1. The number of carbonyl (C=O) groups is 1. The molecule has 0 spiro atoms. The van der Waals surface area contributed by atoms with E-state index in [1.807, 2.05) is 11.0 Å². The van der Waals surface area contributed by atoms with Crippen LogP contribution in [0.1, 0.15) is 48.3 Å². The van der Waals surface area contributed by atoms with Crippen molar-refractivity contribution in [2.24, 2.45) is 5.92 Å². The van der Waals surface area contributed by atoms with E-state index in [2.05, 4.69) is 17.1 Å². The molecule has 2 saturated carbocycles. The monoisotopic (exact) mass is 382 g/mol. The summed E-state index contributed by atoms with van der Waals surface area (Å²) in [6, 6.07) is 9.26. The lowest BCUT2D eigenvalue weighted by Gasteiger charge is -2.31. The normalized spacial score (nSPS) is 23.7. The zero-order valence-electron chi connectivity index (χ0n) is 15.6. The number of hydrogen-bond acceptors (Lipinski definition) is 4. The van der Waals surface area contributed by atoms with Crippen molar-refractivity contribution >= 4 is 11.8 Å². The average Bonchev–Trinajstić information content (AvgIpc) is 3.46. The van der Waals surface area contributed by atoms with Crippen LogP contribution < -0.4 is 9.64 Å². The van der Waals surface area contributed by atoms with Crippen LogP contribution in [-0.2, 0) is 17.8 Å². The summed E-state index contributed by atoms with van der Waals surface area (Å²) in [5.74, 6) is -0.298. The lowest BCUT2D eigenvalue weighted by molar-refractivity contribution is -0.138. The third-order valence-electron chi connectivity index (χ3n) is 6.22. The highest BCUT2D eigenvalue weighted by molar-refractivity contribution is 5.75. The molecule has 2 heterocycles. The second kappa shape index (κ2) is 6.76. The van der Waals surface area contributed by atoms with E-state index in [1.165, 1.54) is 18.1 Å². The van der Waals surface area contributed by atoms with E-state index in [-0.39, 0.29) is 23.8 Å². The maximum Gasteiger partial charge on any atom is 0.307 e. The molecule has 0 amide bonds. The highest BCUT2D eigenvalue weighted by Gasteiger charge is 2.44. The summed E-state index contributed by atoms with van der Waals surface area (Å²) in [7, 11) is 0. The number of rotatable bonds is 5. The first-order chi connectivity index (χ1) is 13.6. The maximum atomic E-state index is 14.4. The SMILES string of the molecule is O=C(O)C1CC1c1ccc2c(c1)CCN(c1nc(OC3CCC3)ccc1F)C2. The van der Waals surface area contributed by atoms with Crippen LogP contribution >= 0.6 is 0 Å². The van der Waals surface area contributed by atoms with Gasteiger partial charge in [-0.25, -0.2) is 4.39 Å². The summed E-state index contributed by atoms with van der Waals surface area (Å²) in [6.45, 7) is 1.28. The number of anilines is 1. The Morgan fingerprint density at radius 3 is 2.79 bits per heavy atom. The van der Waals surface area contributed by atoms with Crippen LogP contribution in [0.25, 0.3) is 0 Å². The zero-order valence-corrected chi connectivity index (χ0v) is 15.6. The Kier molecular flexibility index (Phi) is 4.22. The second-order valence-electron chi connectivity index (χ2n) is 8.11. The van der Waals surface area contributed by atoms with Gasteiger partial charge < -0.3 is 14.7 Å². The van der Waals surface area contributed by atoms with Gasteiger partial charge in [-0.1, -0.05) is 18.2 Å². The van der Waals surface area contributed by atoms with Gasteiger partial charge in [-0.15, -0.1) is 0 Å². The molecular formula is C22H23FN2O3. The van der Waals surface area contributed by atoms with Crippen molar-refractivity contribution in [3.8, 4) is 5.88 Å². The van der Waals surface area contributed by atoms with E-state index < -0.39 is 5.97 Å². The molecule has 28 heavy (non-hydrogen) atoms. The van der Waals surface area contributed by atoms with Gasteiger partial charge in [-0.2, -0.15) is 4.98 Å². The van der Waals surface area contributed by atoms with E-state index in [1.54, 1.807) is 6.07 Å². The number of carboxylic acids is 1. The molecule has 0 radical (unpaired) electrons. The number of nitrogens with zero attached hydrogens (tertiary/aromatic N) is 2.